The van der Waals surface area contributed by atoms with Gasteiger partial charge < -0.3 is 20.0 Å². The lowest BCUT2D eigenvalue weighted by Crippen LogP contribution is -2.49. The summed E-state index contributed by atoms with van der Waals surface area (Å²) in [7, 11) is 0. The molecule has 0 aliphatic carbocycles. The SMILES string of the molecule is CCCN1CCC(NC(=NCC2CCN(Cc3nc(C)c(C)o3)CC2)NCC)CC1.I. The van der Waals surface area contributed by atoms with Crippen molar-refractivity contribution in [3.8, 4) is 0 Å². The number of piperidine rings is 2. The predicted octanol–water partition coefficient (Wildman–Crippen LogP) is 3.55. The van der Waals surface area contributed by atoms with Gasteiger partial charge in [-0.25, -0.2) is 4.98 Å². The van der Waals surface area contributed by atoms with Crippen molar-refractivity contribution in [3.05, 3.63) is 17.3 Å². The molecule has 178 valence electrons. The number of likely N-dealkylation sites (tertiary alicyclic amines) is 2. The predicted molar refractivity (Wildman–Crippen MR) is 138 cm³/mol. The second kappa shape index (κ2) is 13.6. The van der Waals surface area contributed by atoms with Gasteiger partial charge in [0, 0.05) is 32.2 Å². The van der Waals surface area contributed by atoms with Gasteiger partial charge in [-0.1, -0.05) is 6.92 Å². The number of aliphatic imine (C=N–C) groups is 1. The number of oxazole rings is 1. The van der Waals surface area contributed by atoms with E-state index < -0.39 is 0 Å². The number of hydrogen-bond acceptors (Lipinski definition) is 5. The summed E-state index contributed by atoms with van der Waals surface area (Å²) in [5.74, 6) is 3.45. The molecule has 2 saturated heterocycles. The Hall–Kier alpha value is -0.870. The topological polar surface area (TPSA) is 68.9 Å². The quantitative estimate of drug-likeness (QED) is 0.296. The Bertz CT molecular complexity index is 644. The Morgan fingerprint density at radius 2 is 1.74 bits per heavy atom. The monoisotopic (exact) mass is 546 g/mol. The number of aromatic nitrogens is 1. The van der Waals surface area contributed by atoms with Gasteiger partial charge in [0.05, 0.1) is 12.2 Å². The smallest absolute Gasteiger partial charge is 0.208 e. The normalized spacial score (nSPS) is 19.9. The molecule has 0 atom stereocenters. The summed E-state index contributed by atoms with van der Waals surface area (Å²) in [6.07, 6.45) is 6.05. The van der Waals surface area contributed by atoms with Crippen molar-refractivity contribution in [2.75, 3.05) is 45.8 Å². The van der Waals surface area contributed by atoms with Crippen molar-refractivity contribution in [2.45, 2.75) is 72.4 Å². The van der Waals surface area contributed by atoms with E-state index in [9.17, 15) is 0 Å². The number of nitrogens with zero attached hydrogens (tertiary/aromatic N) is 4. The van der Waals surface area contributed by atoms with Crippen molar-refractivity contribution in [2.24, 2.45) is 10.9 Å². The van der Waals surface area contributed by atoms with Crippen LogP contribution in [0.5, 0.6) is 0 Å². The number of rotatable bonds is 8. The van der Waals surface area contributed by atoms with Crippen molar-refractivity contribution in [3.63, 3.8) is 0 Å². The number of halogens is 1. The molecule has 0 bridgehead atoms. The first-order chi connectivity index (χ1) is 14.6. The molecular weight excluding hydrogens is 503 g/mol. The van der Waals surface area contributed by atoms with E-state index in [1.165, 1.54) is 51.7 Å². The summed E-state index contributed by atoms with van der Waals surface area (Å²) in [6, 6.07) is 0.547. The summed E-state index contributed by atoms with van der Waals surface area (Å²) in [5, 5.41) is 7.14. The average Bonchev–Trinajstić information content (AvgIpc) is 3.06. The first-order valence-corrected chi connectivity index (χ1v) is 12.0. The highest BCUT2D eigenvalue weighted by Gasteiger charge is 2.22. The lowest BCUT2D eigenvalue weighted by atomic mass is 9.97. The lowest BCUT2D eigenvalue weighted by Gasteiger charge is -2.33. The Morgan fingerprint density at radius 1 is 1.06 bits per heavy atom. The first kappa shape index (κ1) is 26.4. The molecule has 0 radical (unpaired) electrons. The van der Waals surface area contributed by atoms with Crippen LogP contribution in [0.4, 0.5) is 0 Å². The van der Waals surface area contributed by atoms with Gasteiger partial charge >= 0.3 is 0 Å². The van der Waals surface area contributed by atoms with Gasteiger partial charge in [0.1, 0.15) is 5.76 Å². The molecule has 1 aromatic rings. The van der Waals surface area contributed by atoms with Crippen LogP contribution >= 0.6 is 24.0 Å². The van der Waals surface area contributed by atoms with Crippen LogP contribution in [0.2, 0.25) is 0 Å². The Morgan fingerprint density at radius 3 is 2.32 bits per heavy atom. The van der Waals surface area contributed by atoms with Crippen LogP contribution in [-0.4, -0.2) is 72.6 Å². The maximum absolute atomic E-state index is 5.75. The van der Waals surface area contributed by atoms with E-state index in [1.54, 1.807) is 0 Å². The molecule has 0 amide bonds. The second-order valence-electron chi connectivity index (χ2n) is 8.95. The molecule has 1 aromatic heterocycles. The summed E-state index contributed by atoms with van der Waals surface area (Å²) in [4.78, 5) is 14.5. The third-order valence-electron chi connectivity index (χ3n) is 6.46. The zero-order valence-electron chi connectivity index (χ0n) is 20.0. The van der Waals surface area contributed by atoms with E-state index >= 15 is 0 Å². The van der Waals surface area contributed by atoms with E-state index in [0.717, 1.165) is 56.0 Å². The third kappa shape index (κ3) is 8.53. The number of hydrogen-bond donors (Lipinski definition) is 2. The van der Waals surface area contributed by atoms with Crippen LogP contribution < -0.4 is 10.6 Å². The largest absolute Gasteiger partial charge is 0.444 e. The van der Waals surface area contributed by atoms with E-state index in [0.29, 0.717) is 12.0 Å². The van der Waals surface area contributed by atoms with E-state index in [2.05, 4.69) is 39.3 Å². The van der Waals surface area contributed by atoms with Crippen LogP contribution in [0.1, 0.15) is 63.3 Å². The first-order valence-electron chi connectivity index (χ1n) is 12.0. The molecule has 0 spiro atoms. The van der Waals surface area contributed by atoms with Crippen LogP contribution in [0.25, 0.3) is 0 Å². The van der Waals surface area contributed by atoms with Gasteiger partial charge in [0.2, 0.25) is 5.89 Å². The Kier molecular flexibility index (Phi) is 11.6. The summed E-state index contributed by atoms with van der Waals surface area (Å²) < 4.78 is 5.75. The molecule has 0 saturated carbocycles. The maximum atomic E-state index is 5.75. The van der Waals surface area contributed by atoms with Crippen molar-refractivity contribution < 1.29 is 4.42 Å². The van der Waals surface area contributed by atoms with Crippen molar-refractivity contribution >= 4 is 29.9 Å². The average molecular weight is 547 g/mol. The summed E-state index contributed by atoms with van der Waals surface area (Å²) in [5.41, 5.74) is 1.01. The zero-order valence-corrected chi connectivity index (χ0v) is 22.3. The molecule has 31 heavy (non-hydrogen) atoms. The molecule has 0 unspecified atom stereocenters. The zero-order chi connectivity index (χ0) is 21.3. The van der Waals surface area contributed by atoms with Crippen LogP contribution in [-0.2, 0) is 6.54 Å². The number of guanidine groups is 1. The maximum Gasteiger partial charge on any atom is 0.208 e. The van der Waals surface area contributed by atoms with Gasteiger partial charge in [-0.15, -0.1) is 24.0 Å². The molecule has 7 nitrogen and oxygen atoms in total. The minimum absolute atomic E-state index is 0. The molecule has 3 rings (SSSR count). The fraction of sp³-hybridized carbons (Fsp3) is 0.826. The molecular formula is C23H43IN6O. The highest BCUT2D eigenvalue weighted by Crippen LogP contribution is 2.20. The third-order valence-corrected chi connectivity index (χ3v) is 6.46. The van der Waals surface area contributed by atoms with Crippen LogP contribution in [0.3, 0.4) is 0 Å². The van der Waals surface area contributed by atoms with Crippen molar-refractivity contribution in [1.29, 1.82) is 0 Å². The lowest BCUT2D eigenvalue weighted by molar-refractivity contribution is 0.166. The molecule has 0 aromatic carbocycles. The van der Waals surface area contributed by atoms with Crippen LogP contribution in [0.15, 0.2) is 9.41 Å². The van der Waals surface area contributed by atoms with E-state index in [-0.39, 0.29) is 24.0 Å². The molecule has 3 heterocycles. The van der Waals surface area contributed by atoms with Gasteiger partial charge in [0.15, 0.2) is 5.96 Å². The summed E-state index contributed by atoms with van der Waals surface area (Å²) in [6.45, 7) is 16.9. The van der Waals surface area contributed by atoms with Gasteiger partial charge in [-0.3, -0.25) is 9.89 Å². The highest BCUT2D eigenvalue weighted by molar-refractivity contribution is 14.0. The Labute approximate surface area is 205 Å². The molecule has 2 aliphatic rings. The standard InChI is InChI=1S/C23H42N6O.HI/c1-5-11-28-14-9-21(10-15-28)27-23(24-6-2)25-16-20-7-12-29(13-8-20)17-22-26-18(3)19(4)30-22;/h20-21H,5-17H2,1-4H3,(H2,24,25,27);1H. The number of aryl methyl sites for hydroxylation is 2. The fourth-order valence-electron chi connectivity index (χ4n) is 4.48. The van der Waals surface area contributed by atoms with Gasteiger partial charge in [-0.2, -0.15) is 0 Å². The van der Waals surface area contributed by atoms with E-state index in [1.807, 2.05) is 13.8 Å². The second-order valence-corrected chi connectivity index (χ2v) is 8.95. The van der Waals surface area contributed by atoms with Gasteiger partial charge in [-0.05, 0) is 78.4 Å². The van der Waals surface area contributed by atoms with Crippen LogP contribution in [0, 0.1) is 19.8 Å². The Balaban J connectivity index is 0.00000341. The summed E-state index contributed by atoms with van der Waals surface area (Å²) >= 11 is 0. The number of nitrogens with one attached hydrogen (secondary N) is 2. The minimum Gasteiger partial charge on any atom is -0.444 e. The highest BCUT2D eigenvalue weighted by atomic mass is 127. The molecule has 2 fully saturated rings. The molecule has 8 heteroatoms. The van der Waals surface area contributed by atoms with E-state index in [4.69, 9.17) is 9.41 Å². The molecule has 2 N–H and O–H groups in total. The fourth-order valence-corrected chi connectivity index (χ4v) is 4.48. The minimum atomic E-state index is 0. The van der Waals surface area contributed by atoms with Crippen molar-refractivity contribution in [1.82, 2.24) is 25.4 Å². The molecule has 2 aliphatic heterocycles. The van der Waals surface area contributed by atoms with Gasteiger partial charge in [0.25, 0.3) is 0 Å².